The minimum atomic E-state index is -0.0486. The van der Waals surface area contributed by atoms with Crippen molar-refractivity contribution in [3.8, 4) is 0 Å². The minimum Gasteiger partial charge on any atom is -0.340 e. The van der Waals surface area contributed by atoms with Gasteiger partial charge >= 0.3 is 0 Å². The van der Waals surface area contributed by atoms with Gasteiger partial charge in [0.15, 0.2) is 0 Å². The van der Waals surface area contributed by atoms with E-state index >= 15 is 0 Å². The molecule has 0 N–H and O–H groups in total. The van der Waals surface area contributed by atoms with Crippen LogP contribution in [0.15, 0.2) is 18.5 Å². The van der Waals surface area contributed by atoms with E-state index in [0.29, 0.717) is 12.5 Å². The van der Waals surface area contributed by atoms with Crippen LogP contribution in [0.3, 0.4) is 0 Å². The number of anilines is 1. The Morgan fingerprint density at radius 3 is 2.89 bits per heavy atom. The van der Waals surface area contributed by atoms with Crippen molar-refractivity contribution in [1.82, 2.24) is 15.0 Å². The summed E-state index contributed by atoms with van der Waals surface area (Å²) >= 11 is 0. The van der Waals surface area contributed by atoms with Gasteiger partial charge in [0.25, 0.3) is 5.91 Å². The molecule has 0 saturated carbocycles. The number of hydrogen-bond donors (Lipinski definition) is 0. The van der Waals surface area contributed by atoms with E-state index in [1.54, 1.807) is 25.5 Å². The van der Waals surface area contributed by atoms with Crippen molar-refractivity contribution in [3.05, 3.63) is 18.5 Å². The number of aromatic nitrogens is 2. The summed E-state index contributed by atoms with van der Waals surface area (Å²) in [5.74, 6) is 0.653. The molecule has 1 atom stereocenters. The van der Waals surface area contributed by atoms with E-state index in [4.69, 9.17) is 4.84 Å². The molecule has 0 radical (unpaired) electrons. The Labute approximate surface area is 107 Å². The fourth-order valence-corrected chi connectivity index (χ4v) is 2.16. The molecule has 1 fully saturated rings. The molecule has 0 spiro atoms. The monoisotopic (exact) mass is 250 g/mol. The molecule has 1 aliphatic rings. The van der Waals surface area contributed by atoms with Crippen LogP contribution in [0.1, 0.15) is 12.8 Å². The highest BCUT2D eigenvalue weighted by atomic mass is 16.7. The quantitative estimate of drug-likeness (QED) is 0.740. The molecule has 0 bridgehead atoms. The predicted molar refractivity (Wildman–Crippen MR) is 66.7 cm³/mol. The zero-order valence-corrected chi connectivity index (χ0v) is 10.7. The highest BCUT2D eigenvalue weighted by molar-refractivity contribution is 5.78. The molecule has 1 aromatic heterocycles. The van der Waals surface area contributed by atoms with Gasteiger partial charge in [-0.3, -0.25) is 9.63 Å². The molecule has 98 valence electrons. The van der Waals surface area contributed by atoms with Crippen LogP contribution in [0.2, 0.25) is 0 Å². The Morgan fingerprint density at radius 1 is 1.50 bits per heavy atom. The van der Waals surface area contributed by atoms with Crippen molar-refractivity contribution < 1.29 is 9.63 Å². The van der Waals surface area contributed by atoms with Crippen LogP contribution < -0.4 is 4.90 Å². The van der Waals surface area contributed by atoms with E-state index in [0.717, 1.165) is 19.4 Å². The molecule has 2 rings (SSSR count). The van der Waals surface area contributed by atoms with Crippen LogP contribution in [0.5, 0.6) is 0 Å². The molecule has 6 nitrogen and oxygen atoms in total. The van der Waals surface area contributed by atoms with Gasteiger partial charge in [-0.2, -0.15) is 0 Å². The van der Waals surface area contributed by atoms with Crippen LogP contribution >= 0.6 is 0 Å². The number of nitrogens with zero attached hydrogens (tertiary/aromatic N) is 4. The molecule has 1 saturated heterocycles. The maximum Gasteiger partial charge on any atom is 0.250 e. The van der Waals surface area contributed by atoms with E-state index in [9.17, 15) is 4.79 Å². The van der Waals surface area contributed by atoms with E-state index < -0.39 is 0 Å². The summed E-state index contributed by atoms with van der Waals surface area (Å²) < 4.78 is 0. The first kappa shape index (κ1) is 12.8. The standard InChI is InChI=1S/C12H18N4O2/c1-15(18-2)11(17)10-5-3-8-16(9-10)12-13-6-4-7-14-12/h4,6-7,10H,3,5,8-9H2,1-2H3/t10-/m0/s1. The summed E-state index contributed by atoms with van der Waals surface area (Å²) in [4.78, 5) is 27.5. The Bertz CT molecular complexity index is 398. The van der Waals surface area contributed by atoms with Crippen molar-refractivity contribution in [2.24, 2.45) is 5.92 Å². The molecular weight excluding hydrogens is 232 g/mol. The number of piperidine rings is 1. The number of rotatable bonds is 3. The zero-order valence-electron chi connectivity index (χ0n) is 10.7. The summed E-state index contributed by atoms with van der Waals surface area (Å²) in [5, 5.41) is 1.29. The van der Waals surface area contributed by atoms with Crippen LogP contribution in [0.4, 0.5) is 5.95 Å². The second kappa shape index (κ2) is 5.77. The third-order valence-electron chi connectivity index (χ3n) is 3.19. The fraction of sp³-hybridized carbons (Fsp3) is 0.583. The van der Waals surface area contributed by atoms with Crippen molar-refractivity contribution in [3.63, 3.8) is 0 Å². The van der Waals surface area contributed by atoms with Crippen molar-refractivity contribution >= 4 is 11.9 Å². The summed E-state index contributed by atoms with van der Waals surface area (Å²) in [6, 6.07) is 1.79. The normalized spacial score (nSPS) is 19.7. The molecule has 6 heteroatoms. The van der Waals surface area contributed by atoms with Crippen LogP contribution in [0.25, 0.3) is 0 Å². The molecular formula is C12H18N4O2. The Hall–Kier alpha value is -1.69. The number of hydroxylamine groups is 2. The number of hydrogen-bond acceptors (Lipinski definition) is 5. The number of carbonyl (C=O) groups excluding carboxylic acids is 1. The topological polar surface area (TPSA) is 58.6 Å². The molecule has 0 aliphatic carbocycles. The van der Waals surface area contributed by atoms with Crippen LogP contribution in [0, 0.1) is 5.92 Å². The van der Waals surface area contributed by atoms with Gasteiger partial charge in [-0.1, -0.05) is 0 Å². The zero-order chi connectivity index (χ0) is 13.0. The van der Waals surface area contributed by atoms with Gasteiger partial charge in [-0.05, 0) is 18.9 Å². The summed E-state index contributed by atoms with van der Waals surface area (Å²) in [5.41, 5.74) is 0. The van der Waals surface area contributed by atoms with Crippen molar-refractivity contribution in [2.75, 3.05) is 32.1 Å². The maximum absolute atomic E-state index is 12.0. The third kappa shape index (κ3) is 2.76. The fourth-order valence-electron chi connectivity index (χ4n) is 2.16. The second-order valence-electron chi connectivity index (χ2n) is 4.35. The predicted octanol–water partition coefficient (Wildman–Crippen LogP) is 0.713. The van der Waals surface area contributed by atoms with E-state index in [2.05, 4.69) is 14.9 Å². The average molecular weight is 250 g/mol. The summed E-state index contributed by atoms with van der Waals surface area (Å²) in [6.45, 7) is 1.54. The lowest BCUT2D eigenvalue weighted by molar-refractivity contribution is -0.173. The van der Waals surface area contributed by atoms with Gasteiger partial charge in [0.2, 0.25) is 5.95 Å². The van der Waals surface area contributed by atoms with E-state index in [-0.39, 0.29) is 11.8 Å². The Morgan fingerprint density at radius 2 is 2.22 bits per heavy atom. The molecule has 0 aromatic carbocycles. The lowest BCUT2D eigenvalue weighted by Crippen LogP contribution is -2.44. The lowest BCUT2D eigenvalue weighted by atomic mass is 9.97. The van der Waals surface area contributed by atoms with Gasteiger partial charge in [0, 0.05) is 32.5 Å². The van der Waals surface area contributed by atoms with Gasteiger partial charge in [-0.15, -0.1) is 0 Å². The third-order valence-corrected chi connectivity index (χ3v) is 3.19. The van der Waals surface area contributed by atoms with Gasteiger partial charge in [0.1, 0.15) is 0 Å². The first-order valence-electron chi connectivity index (χ1n) is 6.06. The minimum absolute atomic E-state index is 0.0122. The van der Waals surface area contributed by atoms with Gasteiger partial charge in [-0.25, -0.2) is 15.0 Å². The average Bonchev–Trinajstić information content (AvgIpc) is 2.46. The van der Waals surface area contributed by atoms with Crippen LogP contribution in [-0.4, -0.2) is 48.2 Å². The summed E-state index contributed by atoms with van der Waals surface area (Å²) in [7, 11) is 3.14. The highest BCUT2D eigenvalue weighted by Crippen LogP contribution is 2.21. The largest absolute Gasteiger partial charge is 0.340 e. The smallest absolute Gasteiger partial charge is 0.250 e. The number of carbonyl (C=O) groups is 1. The second-order valence-corrected chi connectivity index (χ2v) is 4.35. The first-order chi connectivity index (χ1) is 8.72. The lowest BCUT2D eigenvalue weighted by Gasteiger charge is -2.33. The molecule has 18 heavy (non-hydrogen) atoms. The highest BCUT2D eigenvalue weighted by Gasteiger charge is 2.29. The van der Waals surface area contributed by atoms with Crippen molar-refractivity contribution in [2.45, 2.75) is 12.8 Å². The SMILES string of the molecule is CON(C)C(=O)[C@H]1CCCN(c2ncccn2)C1. The van der Waals surface area contributed by atoms with Gasteiger partial charge < -0.3 is 4.90 Å². The Balaban J connectivity index is 2.03. The molecule has 0 unspecified atom stereocenters. The van der Waals surface area contributed by atoms with Crippen molar-refractivity contribution in [1.29, 1.82) is 0 Å². The summed E-state index contributed by atoms with van der Waals surface area (Å²) in [6.07, 6.45) is 5.28. The maximum atomic E-state index is 12.0. The molecule has 1 amide bonds. The molecule has 1 aliphatic heterocycles. The molecule has 1 aromatic rings. The molecule has 2 heterocycles. The van der Waals surface area contributed by atoms with Crippen LogP contribution in [-0.2, 0) is 9.63 Å². The number of amides is 1. The Kier molecular flexibility index (Phi) is 4.09. The van der Waals surface area contributed by atoms with E-state index in [1.165, 1.54) is 12.2 Å². The van der Waals surface area contributed by atoms with Gasteiger partial charge in [0.05, 0.1) is 13.0 Å². The first-order valence-corrected chi connectivity index (χ1v) is 6.06. The van der Waals surface area contributed by atoms with E-state index in [1.807, 2.05) is 0 Å².